The van der Waals surface area contributed by atoms with Crippen LogP contribution < -0.4 is 5.32 Å². The molecule has 0 bridgehead atoms. The average molecular weight is 331 g/mol. The number of thiophene rings is 1. The van der Waals surface area contributed by atoms with Gasteiger partial charge in [0.2, 0.25) is 5.91 Å². The van der Waals surface area contributed by atoms with Crippen LogP contribution >= 0.6 is 11.3 Å². The number of aryl methyl sites for hydroxylation is 1. The van der Waals surface area contributed by atoms with Crippen molar-refractivity contribution in [2.24, 2.45) is 0 Å². The first kappa shape index (κ1) is 14.8. The van der Waals surface area contributed by atoms with E-state index < -0.39 is 0 Å². The van der Waals surface area contributed by atoms with Crippen LogP contribution in [0.2, 0.25) is 0 Å². The number of carbonyl (C=O) groups is 1. The summed E-state index contributed by atoms with van der Waals surface area (Å²) in [5.74, 6) is 1.26. The molecule has 0 aromatic carbocycles. The Morgan fingerprint density at radius 2 is 2.39 bits per heavy atom. The van der Waals surface area contributed by atoms with Crippen molar-refractivity contribution in [3.8, 4) is 0 Å². The number of amides is 1. The summed E-state index contributed by atoms with van der Waals surface area (Å²) in [7, 11) is 0. The zero-order chi connectivity index (χ0) is 15.6. The monoisotopic (exact) mass is 331 g/mol. The van der Waals surface area contributed by atoms with Gasteiger partial charge in [-0.25, -0.2) is 9.67 Å². The maximum absolute atomic E-state index is 12.6. The van der Waals surface area contributed by atoms with Crippen molar-refractivity contribution in [3.05, 3.63) is 34.5 Å². The van der Waals surface area contributed by atoms with E-state index >= 15 is 0 Å². The van der Waals surface area contributed by atoms with Crippen LogP contribution in [-0.4, -0.2) is 44.7 Å². The van der Waals surface area contributed by atoms with Crippen molar-refractivity contribution < 1.29 is 4.79 Å². The summed E-state index contributed by atoms with van der Waals surface area (Å²) < 4.78 is 1.94. The smallest absolute Gasteiger partial charge is 0.237 e. The number of likely N-dealkylation sites (tertiary alicyclic amines) is 1. The third-order valence-corrected chi connectivity index (χ3v) is 5.77. The van der Waals surface area contributed by atoms with E-state index in [1.807, 2.05) is 9.58 Å². The van der Waals surface area contributed by atoms with Crippen molar-refractivity contribution >= 4 is 17.2 Å². The molecule has 122 valence electrons. The summed E-state index contributed by atoms with van der Waals surface area (Å²) >= 11 is 1.75. The Hall–Kier alpha value is -1.73. The second-order valence-corrected chi connectivity index (χ2v) is 7.21. The highest BCUT2D eigenvalue weighted by Crippen LogP contribution is 2.34. The molecule has 1 amide bonds. The van der Waals surface area contributed by atoms with E-state index in [0.717, 1.165) is 44.6 Å². The molecular weight excluding hydrogens is 310 g/mol. The third kappa shape index (κ3) is 3.03. The zero-order valence-corrected chi connectivity index (χ0v) is 13.8. The van der Waals surface area contributed by atoms with Crippen LogP contribution in [0.15, 0.2) is 23.8 Å². The topological polar surface area (TPSA) is 63.1 Å². The van der Waals surface area contributed by atoms with E-state index in [2.05, 4.69) is 32.9 Å². The Kier molecular flexibility index (Phi) is 4.13. The van der Waals surface area contributed by atoms with Gasteiger partial charge in [-0.05, 0) is 30.7 Å². The second kappa shape index (κ2) is 6.41. The van der Waals surface area contributed by atoms with Gasteiger partial charge in [0, 0.05) is 23.9 Å². The van der Waals surface area contributed by atoms with E-state index in [9.17, 15) is 4.79 Å². The minimum absolute atomic E-state index is 0.213. The highest BCUT2D eigenvalue weighted by atomic mass is 32.1. The molecular formula is C16H21N5OS. The SMILES string of the molecule is O=C(CN[C@H]1CCc2ncnn2C1)N1CCC[C@H]1c1cccs1. The van der Waals surface area contributed by atoms with Crippen LogP contribution in [0.3, 0.4) is 0 Å². The summed E-state index contributed by atoms with van der Waals surface area (Å²) in [6, 6.07) is 4.78. The second-order valence-electron chi connectivity index (χ2n) is 6.24. The van der Waals surface area contributed by atoms with E-state index in [1.165, 1.54) is 4.88 Å². The molecule has 2 aromatic rings. The summed E-state index contributed by atoms with van der Waals surface area (Å²) in [5, 5.41) is 9.74. The zero-order valence-electron chi connectivity index (χ0n) is 13.0. The number of rotatable bonds is 4. The standard InChI is InChI=1S/C16H21N5OS/c22-16(20-7-1-3-13(20)14-4-2-8-23-14)9-17-12-5-6-15-18-11-19-21(15)10-12/h2,4,8,11-13,17H,1,3,5-7,9-10H2/t12-,13-/m0/s1. The lowest BCUT2D eigenvalue weighted by molar-refractivity contribution is -0.131. The highest BCUT2D eigenvalue weighted by molar-refractivity contribution is 7.10. The molecule has 1 fully saturated rings. The highest BCUT2D eigenvalue weighted by Gasteiger charge is 2.30. The Morgan fingerprint density at radius 1 is 1.43 bits per heavy atom. The quantitative estimate of drug-likeness (QED) is 0.924. The van der Waals surface area contributed by atoms with Crippen molar-refractivity contribution in [2.45, 2.75) is 44.3 Å². The van der Waals surface area contributed by atoms with Crippen LogP contribution in [0.1, 0.15) is 36.0 Å². The van der Waals surface area contributed by atoms with Gasteiger partial charge < -0.3 is 10.2 Å². The van der Waals surface area contributed by atoms with E-state index in [0.29, 0.717) is 12.6 Å². The average Bonchev–Trinajstić information content (AvgIpc) is 3.32. The lowest BCUT2D eigenvalue weighted by atomic mass is 10.1. The minimum atomic E-state index is 0.213. The molecule has 0 aliphatic carbocycles. The maximum Gasteiger partial charge on any atom is 0.237 e. The Bertz CT molecular complexity index is 668. The fraction of sp³-hybridized carbons (Fsp3) is 0.562. The molecule has 4 heterocycles. The lowest BCUT2D eigenvalue weighted by Crippen LogP contribution is -2.44. The molecule has 2 aliphatic heterocycles. The van der Waals surface area contributed by atoms with Crippen LogP contribution in [-0.2, 0) is 17.8 Å². The first-order valence-electron chi connectivity index (χ1n) is 8.24. The third-order valence-electron chi connectivity index (χ3n) is 4.79. The number of aromatic nitrogens is 3. The number of carbonyl (C=O) groups excluding carboxylic acids is 1. The van der Waals surface area contributed by atoms with Crippen molar-refractivity contribution in [3.63, 3.8) is 0 Å². The molecule has 1 saturated heterocycles. The molecule has 2 atom stereocenters. The number of nitrogens with zero attached hydrogens (tertiary/aromatic N) is 4. The van der Waals surface area contributed by atoms with E-state index in [-0.39, 0.29) is 11.9 Å². The van der Waals surface area contributed by atoms with Gasteiger partial charge in [0.1, 0.15) is 12.2 Å². The predicted octanol–water partition coefficient (Wildman–Crippen LogP) is 1.61. The molecule has 4 rings (SSSR count). The molecule has 2 aromatic heterocycles. The van der Waals surface area contributed by atoms with E-state index in [1.54, 1.807) is 17.7 Å². The Morgan fingerprint density at radius 3 is 3.26 bits per heavy atom. The Balaban J connectivity index is 1.33. The van der Waals surface area contributed by atoms with Crippen LogP contribution in [0.4, 0.5) is 0 Å². The molecule has 1 N–H and O–H groups in total. The molecule has 0 unspecified atom stereocenters. The number of nitrogens with one attached hydrogen (secondary N) is 1. The van der Waals surface area contributed by atoms with Crippen molar-refractivity contribution in [1.82, 2.24) is 25.0 Å². The molecule has 23 heavy (non-hydrogen) atoms. The van der Waals surface area contributed by atoms with Gasteiger partial charge in [0.05, 0.1) is 19.1 Å². The summed E-state index contributed by atoms with van der Waals surface area (Å²) in [6.45, 7) is 2.09. The molecule has 0 saturated carbocycles. The van der Waals surface area contributed by atoms with Gasteiger partial charge in [-0.1, -0.05) is 6.07 Å². The maximum atomic E-state index is 12.6. The van der Waals surface area contributed by atoms with Crippen LogP contribution in [0.5, 0.6) is 0 Å². The van der Waals surface area contributed by atoms with Gasteiger partial charge >= 0.3 is 0 Å². The first-order chi connectivity index (χ1) is 11.3. The van der Waals surface area contributed by atoms with Gasteiger partial charge in [-0.3, -0.25) is 4.79 Å². The van der Waals surface area contributed by atoms with Gasteiger partial charge in [0.25, 0.3) is 0 Å². The fourth-order valence-electron chi connectivity index (χ4n) is 3.58. The largest absolute Gasteiger partial charge is 0.334 e. The molecule has 0 spiro atoms. The van der Waals surface area contributed by atoms with Gasteiger partial charge in [-0.2, -0.15) is 5.10 Å². The molecule has 2 aliphatic rings. The molecule has 0 radical (unpaired) electrons. The van der Waals surface area contributed by atoms with Crippen LogP contribution in [0, 0.1) is 0 Å². The van der Waals surface area contributed by atoms with Crippen LogP contribution in [0.25, 0.3) is 0 Å². The predicted molar refractivity (Wildman–Crippen MR) is 88.1 cm³/mol. The number of hydrogen-bond acceptors (Lipinski definition) is 5. The minimum Gasteiger partial charge on any atom is -0.334 e. The number of fused-ring (bicyclic) bond motifs is 1. The van der Waals surface area contributed by atoms with Crippen molar-refractivity contribution in [2.75, 3.05) is 13.1 Å². The number of hydrogen-bond donors (Lipinski definition) is 1. The fourth-order valence-corrected chi connectivity index (χ4v) is 4.45. The van der Waals surface area contributed by atoms with E-state index in [4.69, 9.17) is 0 Å². The first-order valence-corrected chi connectivity index (χ1v) is 9.12. The van der Waals surface area contributed by atoms with Gasteiger partial charge in [-0.15, -0.1) is 11.3 Å². The normalized spacial score (nSPS) is 23.9. The van der Waals surface area contributed by atoms with Gasteiger partial charge in [0.15, 0.2) is 0 Å². The van der Waals surface area contributed by atoms with Crippen molar-refractivity contribution in [1.29, 1.82) is 0 Å². The lowest BCUT2D eigenvalue weighted by Gasteiger charge is -2.27. The summed E-state index contributed by atoms with van der Waals surface area (Å²) in [5.41, 5.74) is 0. The summed E-state index contributed by atoms with van der Waals surface area (Å²) in [4.78, 5) is 20.2. The molecule has 6 nitrogen and oxygen atoms in total. The summed E-state index contributed by atoms with van der Waals surface area (Å²) in [6.07, 6.45) is 5.73. The molecule has 7 heteroatoms. The Labute approximate surface area is 139 Å².